The van der Waals surface area contributed by atoms with Gasteiger partial charge in [-0.05, 0) is 108 Å². The van der Waals surface area contributed by atoms with E-state index in [0.717, 1.165) is 21.2 Å². The van der Waals surface area contributed by atoms with E-state index in [9.17, 15) is 10.0 Å². The highest BCUT2D eigenvalue weighted by atomic mass is 79.9. The number of nitrogens with zero attached hydrogens (tertiary/aromatic N) is 2. The maximum Gasteiger partial charge on any atom is 0.488 e. The largest absolute Gasteiger partial charge is 0.488 e. The van der Waals surface area contributed by atoms with E-state index in [2.05, 4.69) is 207 Å². The molecular weight excluding hydrogens is 936 g/mol. The first-order valence-corrected chi connectivity index (χ1v) is 24.9. The highest BCUT2D eigenvalue weighted by Crippen LogP contribution is 2.39. The number of aromatic nitrogens is 2. The van der Waals surface area contributed by atoms with Gasteiger partial charge in [-0.2, -0.15) is 0 Å². The summed E-state index contributed by atoms with van der Waals surface area (Å²) in [6.07, 6.45) is 0. The molecule has 10 aromatic carbocycles. The summed E-state index contributed by atoms with van der Waals surface area (Å²) in [6.45, 7) is 0. The third-order valence-electron chi connectivity index (χ3n) is 12.7. The summed E-state index contributed by atoms with van der Waals surface area (Å²) in [4.78, 5) is 0. The molecule has 4 heterocycles. The van der Waals surface area contributed by atoms with Crippen LogP contribution in [0.2, 0.25) is 0 Å². The smallest absolute Gasteiger partial charge is 0.423 e. The first kappa shape index (κ1) is 42.1. The average molecular weight is 976 g/mol. The van der Waals surface area contributed by atoms with Crippen LogP contribution in [0.25, 0.3) is 106 Å². The molecule has 68 heavy (non-hydrogen) atoms. The van der Waals surface area contributed by atoms with Gasteiger partial charge < -0.3 is 19.2 Å². The van der Waals surface area contributed by atoms with Crippen molar-refractivity contribution in [3.05, 3.63) is 235 Å². The molecule has 8 heteroatoms. The van der Waals surface area contributed by atoms with Crippen LogP contribution in [0.15, 0.2) is 235 Å². The van der Waals surface area contributed by atoms with Gasteiger partial charge in [0.2, 0.25) is 0 Å². The van der Waals surface area contributed by atoms with E-state index in [1.54, 1.807) is 6.07 Å². The number of fused-ring (bicyclic) bond motifs is 12. The average Bonchev–Trinajstić information content (AvgIpc) is 4.14. The van der Waals surface area contributed by atoms with E-state index in [0.29, 0.717) is 5.46 Å². The number of hydrogen-bond donors (Lipinski definition) is 2. The normalized spacial score (nSPS) is 11.5. The molecule has 0 unspecified atom stereocenters. The molecule has 0 saturated carbocycles. The molecule has 0 aliphatic heterocycles. The van der Waals surface area contributed by atoms with E-state index in [-0.39, 0.29) is 0 Å². The predicted octanol–water partition coefficient (Wildman–Crippen LogP) is 16.1. The van der Waals surface area contributed by atoms with Crippen molar-refractivity contribution >= 4 is 135 Å². The zero-order valence-electron chi connectivity index (χ0n) is 36.5. The standard InChI is InChI=1S/C30H19NS.C18H14BNO2.C12H7BrS/c1-4-13-27-23(10-1)24-11-2-5-14-28(24)31(27)22-9-7-8-20(18-22)21-16-17-30-26(19-21)25-12-3-6-15-29(25)32-30;21-19(22)13-6-5-7-14(12-13)20-17-10-3-1-8-15(17)16-9-2-4-11-18(16)20;13-8-5-6-12-10(7-8)9-3-1-2-4-11(9)14-12/h1-19H;1-12,21-22H;1-7H. The monoisotopic (exact) mass is 974 g/mol. The topological polar surface area (TPSA) is 50.3 Å². The molecule has 0 bridgehead atoms. The first-order valence-electron chi connectivity index (χ1n) is 22.5. The van der Waals surface area contributed by atoms with Crippen LogP contribution in [0.4, 0.5) is 0 Å². The lowest BCUT2D eigenvalue weighted by Crippen LogP contribution is -2.29. The Kier molecular flexibility index (Phi) is 11.0. The van der Waals surface area contributed by atoms with Crippen molar-refractivity contribution in [2.24, 2.45) is 0 Å². The summed E-state index contributed by atoms with van der Waals surface area (Å²) in [5.74, 6) is 0. The molecule has 0 radical (unpaired) electrons. The highest BCUT2D eigenvalue weighted by Gasteiger charge is 2.16. The second-order valence-corrected chi connectivity index (χ2v) is 19.9. The number of hydrogen-bond acceptors (Lipinski definition) is 4. The van der Waals surface area contributed by atoms with Crippen molar-refractivity contribution in [1.29, 1.82) is 0 Å². The molecule has 0 atom stereocenters. The summed E-state index contributed by atoms with van der Waals surface area (Å²) in [7, 11) is -1.46. The molecule has 0 saturated heterocycles. The van der Waals surface area contributed by atoms with Gasteiger partial charge in [0, 0.05) is 77.7 Å². The molecule has 324 valence electrons. The summed E-state index contributed by atoms with van der Waals surface area (Å²) in [5.41, 5.74) is 9.78. The molecule has 0 amide bonds. The zero-order chi connectivity index (χ0) is 45.7. The fraction of sp³-hybridized carbons (Fsp3) is 0. The Morgan fingerprint density at radius 2 is 0.721 bits per heavy atom. The molecule has 0 spiro atoms. The molecule has 14 aromatic rings. The predicted molar refractivity (Wildman–Crippen MR) is 297 cm³/mol. The van der Waals surface area contributed by atoms with Crippen LogP contribution >= 0.6 is 38.6 Å². The van der Waals surface area contributed by atoms with Crippen molar-refractivity contribution in [2.45, 2.75) is 0 Å². The fourth-order valence-electron chi connectivity index (χ4n) is 9.65. The van der Waals surface area contributed by atoms with E-state index in [1.165, 1.54) is 89.7 Å². The van der Waals surface area contributed by atoms with Gasteiger partial charge in [0.25, 0.3) is 0 Å². The second kappa shape index (κ2) is 17.7. The Balaban J connectivity index is 0.000000115. The van der Waals surface area contributed by atoms with E-state index in [4.69, 9.17) is 0 Å². The van der Waals surface area contributed by atoms with Crippen LogP contribution < -0.4 is 5.46 Å². The van der Waals surface area contributed by atoms with Gasteiger partial charge in [-0.1, -0.05) is 155 Å². The van der Waals surface area contributed by atoms with Crippen molar-refractivity contribution < 1.29 is 10.0 Å². The van der Waals surface area contributed by atoms with Crippen LogP contribution in [0.3, 0.4) is 0 Å². The summed E-state index contributed by atoms with van der Waals surface area (Å²) in [6, 6.07) is 80.6. The Morgan fingerprint density at radius 1 is 0.324 bits per heavy atom. The van der Waals surface area contributed by atoms with Crippen molar-refractivity contribution in [3.8, 4) is 22.5 Å². The lowest BCUT2D eigenvalue weighted by Gasteiger charge is -2.10. The number of thiophene rings is 2. The third kappa shape index (κ3) is 7.57. The zero-order valence-corrected chi connectivity index (χ0v) is 39.7. The lowest BCUT2D eigenvalue weighted by atomic mass is 9.80. The Hall–Kier alpha value is -7.30. The maximum absolute atomic E-state index is 9.42. The minimum Gasteiger partial charge on any atom is -0.423 e. The van der Waals surface area contributed by atoms with Crippen molar-refractivity contribution in [1.82, 2.24) is 9.13 Å². The molecule has 4 aromatic heterocycles. The van der Waals surface area contributed by atoms with Crippen LogP contribution in [-0.4, -0.2) is 26.3 Å². The molecule has 4 nitrogen and oxygen atoms in total. The van der Waals surface area contributed by atoms with Crippen LogP contribution in [-0.2, 0) is 0 Å². The van der Waals surface area contributed by atoms with Gasteiger partial charge in [0.05, 0.1) is 22.1 Å². The Morgan fingerprint density at radius 3 is 1.24 bits per heavy atom. The van der Waals surface area contributed by atoms with Gasteiger partial charge in [0.15, 0.2) is 0 Å². The number of rotatable bonds is 4. The van der Waals surface area contributed by atoms with Crippen LogP contribution in [0, 0.1) is 0 Å². The SMILES string of the molecule is Brc1ccc2sc3ccccc3c2c1.OB(O)c1cccc(-n2c3ccccc3c3ccccc32)c1.c1cc(-c2ccc3sc4ccccc4c3c2)cc(-n2c3ccccc3c3ccccc32)c1. The molecule has 0 aliphatic rings. The summed E-state index contributed by atoms with van der Waals surface area (Å²) >= 11 is 7.22. The number of para-hydroxylation sites is 4. The maximum atomic E-state index is 9.42. The Labute approximate surface area is 409 Å². The minimum atomic E-state index is -1.46. The summed E-state index contributed by atoms with van der Waals surface area (Å²) in [5, 5.41) is 29.2. The van der Waals surface area contributed by atoms with Gasteiger partial charge >= 0.3 is 7.12 Å². The Bertz CT molecular complexity index is 4080. The lowest BCUT2D eigenvalue weighted by molar-refractivity contribution is 0.426. The second-order valence-electron chi connectivity index (χ2n) is 16.8. The molecular formula is C60H40BBrN2O2S2. The fourth-order valence-corrected chi connectivity index (χ4v) is 12.2. The third-order valence-corrected chi connectivity index (χ3v) is 15.5. The molecule has 0 fully saturated rings. The van der Waals surface area contributed by atoms with Gasteiger partial charge in [-0.15, -0.1) is 22.7 Å². The number of halogens is 1. The number of benzene rings is 10. The van der Waals surface area contributed by atoms with E-state index >= 15 is 0 Å². The van der Waals surface area contributed by atoms with E-state index in [1.807, 2.05) is 65.1 Å². The first-order chi connectivity index (χ1) is 33.5. The molecule has 14 rings (SSSR count). The van der Waals surface area contributed by atoms with Crippen LogP contribution in [0.5, 0.6) is 0 Å². The summed E-state index contributed by atoms with van der Waals surface area (Å²) < 4.78 is 11.1. The van der Waals surface area contributed by atoms with E-state index < -0.39 is 7.12 Å². The quantitative estimate of drug-likeness (QED) is 0.173. The van der Waals surface area contributed by atoms with Crippen LogP contribution in [0.1, 0.15) is 0 Å². The van der Waals surface area contributed by atoms with Crippen molar-refractivity contribution in [2.75, 3.05) is 0 Å². The minimum absolute atomic E-state index is 0.486. The molecule has 0 aliphatic carbocycles. The van der Waals surface area contributed by atoms with Gasteiger partial charge in [0.1, 0.15) is 0 Å². The van der Waals surface area contributed by atoms with Crippen molar-refractivity contribution in [3.63, 3.8) is 0 Å². The highest BCUT2D eigenvalue weighted by molar-refractivity contribution is 9.10. The van der Waals surface area contributed by atoms with Gasteiger partial charge in [-0.3, -0.25) is 0 Å². The van der Waals surface area contributed by atoms with Gasteiger partial charge in [-0.25, -0.2) is 0 Å². The molecule has 2 N–H and O–H groups in total.